The van der Waals surface area contributed by atoms with Gasteiger partial charge in [0.2, 0.25) is 0 Å². The molecule has 0 bridgehead atoms. The van der Waals surface area contributed by atoms with Gasteiger partial charge < -0.3 is 9.90 Å². The summed E-state index contributed by atoms with van der Waals surface area (Å²) in [7, 11) is 0. The second-order valence-corrected chi connectivity index (χ2v) is 2.14. The molecule has 0 rings (SSSR count). The number of unbranched alkanes of at least 4 members (excludes halogenated alkanes) is 1. The standard InChI is InChI=1S/C7H11O3.C2H6.K/c1-6(8)4-2-3-5-7(9)10;1-2;/h5H,2-4H2,1H3,(H,9,10);1-2H3;/q-1;;+1. The molecule has 0 aliphatic rings. The average molecular weight is 212 g/mol. The molecule has 0 aromatic rings. The molecule has 0 saturated heterocycles. The topological polar surface area (TPSA) is 54.4 Å². The number of rotatable bonds is 5. The molecular formula is C9H17KO3. The predicted octanol–water partition coefficient (Wildman–Crippen LogP) is -0.935. The third kappa shape index (κ3) is 24.5. The Labute approximate surface area is 123 Å². The molecule has 0 atom stereocenters. The number of hydrogen-bond acceptors (Lipinski definition) is 2. The van der Waals surface area contributed by atoms with Gasteiger partial charge >= 0.3 is 51.4 Å². The third-order valence-corrected chi connectivity index (χ3v) is 1.05. The molecule has 3 nitrogen and oxygen atoms in total. The molecule has 0 unspecified atom stereocenters. The van der Waals surface area contributed by atoms with Crippen LogP contribution in [0.5, 0.6) is 0 Å². The summed E-state index contributed by atoms with van der Waals surface area (Å²) in [6.07, 6.45) is 2.77. The first-order valence-corrected chi connectivity index (χ1v) is 4.18. The van der Waals surface area contributed by atoms with E-state index in [2.05, 4.69) is 0 Å². The zero-order chi connectivity index (χ0) is 9.98. The molecular weight excluding hydrogens is 195 g/mol. The van der Waals surface area contributed by atoms with E-state index in [0.29, 0.717) is 19.3 Å². The zero-order valence-electron chi connectivity index (χ0n) is 8.96. The van der Waals surface area contributed by atoms with Gasteiger partial charge in [0, 0.05) is 6.42 Å². The normalized spacial score (nSPS) is 7.31. The number of aliphatic carboxylic acids is 1. The minimum Gasteiger partial charge on any atom is -0.503 e. The van der Waals surface area contributed by atoms with Crippen LogP contribution >= 0.6 is 0 Å². The summed E-state index contributed by atoms with van der Waals surface area (Å²) in [6, 6.07) is 0. The van der Waals surface area contributed by atoms with E-state index in [9.17, 15) is 9.59 Å². The Hall–Kier alpha value is 0.646. The Balaban J connectivity index is -0.000000309. The molecule has 4 heteroatoms. The van der Waals surface area contributed by atoms with Gasteiger partial charge in [-0.15, -0.1) is 0 Å². The van der Waals surface area contributed by atoms with Crippen LogP contribution in [0.3, 0.4) is 0 Å². The number of carbonyl (C=O) groups excluding carboxylic acids is 1. The van der Waals surface area contributed by atoms with Crippen molar-refractivity contribution in [3.05, 3.63) is 6.42 Å². The van der Waals surface area contributed by atoms with Crippen molar-refractivity contribution in [2.45, 2.75) is 40.0 Å². The van der Waals surface area contributed by atoms with Crippen LogP contribution in [0.2, 0.25) is 0 Å². The van der Waals surface area contributed by atoms with Crippen LogP contribution in [0.15, 0.2) is 0 Å². The monoisotopic (exact) mass is 212 g/mol. The van der Waals surface area contributed by atoms with E-state index in [1.54, 1.807) is 0 Å². The Morgan fingerprint density at radius 3 is 2.08 bits per heavy atom. The maximum atomic E-state index is 10.3. The maximum absolute atomic E-state index is 10.3. The molecule has 0 heterocycles. The first-order valence-electron chi connectivity index (χ1n) is 4.18. The van der Waals surface area contributed by atoms with Gasteiger partial charge in [-0.05, 0) is 6.92 Å². The van der Waals surface area contributed by atoms with Crippen molar-refractivity contribution >= 4 is 11.8 Å². The van der Waals surface area contributed by atoms with Gasteiger partial charge in [-0.3, -0.25) is 11.2 Å². The summed E-state index contributed by atoms with van der Waals surface area (Å²) in [5, 5.41) is 8.14. The van der Waals surface area contributed by atoms with Crippen molar-refractivity contribution < 1.29 is 66.1 Å². The molecule has 0 spiro atoms. The Bertz CT molecular complexity index is 119. The molecule has 0 fully saturated rings. The van der Waals surface area contributed by atoms with Crippen molar-refractivity contribution in [2.75, 3.05) is 0 Å². The number of carboxylic acid groups (broad SMARTS) is 1. The molecule has 0 aliphatic heterocycles. The van der Waals surface area contributed by atoms with Gasteiger partial charge in [0.05, 0.1) is 0 Å². The summed E-state index contributed by atoms with van der Waals surface area (Å²) in [4.78, 5) is 20.2. The first kappa shape index (κ1) is 19.3. The summed E-state index contributed by atoms with van der Waals surface area (Å²) in [6.45, 7) is 5.50. The predicted molar refractivity (Wildman–Crippen MR) is 47.8 cm³/mol. The van der Waals surface area contributed by atoms with Crippen molar-refractivity contribution in [3.63, 3.8) is 0 Å². The number of carboxylic acids is 1. The first-order chi connectivity index (χ1) is 5.63. The van der Waals surface area contributed by atoms with Crippen LogP contribution in [0.4, 0.5) is 0 Å². The Kier molecular flexibility index (Phi) is 22.4. The van der Waals surface area contributed by atoms with E-state index in [1.807, 2.05) is 13.8 Å². The second-order valence-electron chi connectivity index (χ2n) is 2.14. The Morgan fingerprint density at radius 1 is 1.31 bits per heavy atom. The van der Waals surface area contributed by atoms with Gasteiger partial charge in [-0.2, -0.15) is 6.42 Å². The summed E-state index contributed by atoms with van der Waals surface area (Å²) in [5.74, 6) is -0.803. The fraction of sp³-hybridized carbons (Fsp3) is 0.667. The molecule has 0 aromatic carbocycles. The van der Waals surface area contributed by atoms with Crippen molar-refractivity contribution in [3.8, 4) is 0 Å². The minimum absolute atomic E-state index is 0. The van der Waals surface area contributed by atoms with E-state index in [-0.39, 0.29) is 57.2 Å². The Morgan fingerprint density at radius 2 is 1.77 bits per heavy atom. The molecule has 0 aromatic heterocycles. The zero-order valence-corrected chi connectivity index (χ0v) is 12.1. The van der Waals surface area contributed by atoms with Gasteiger partial charge in [-0.1, -0.05) is 20.3 Å². The van der Waals surface area contributed by atoms with Crippen LogP contribution in [-0.2, 0) is 9.59 Å². The van der Waals surface area contributed by atoms with Crippen LogP contribution in [0, 0.1) is 6.42 Å². The van der Waals surface area contributed by atoms with Gasteiger partial charge in [0.15, 0.2) is 5.97 Å². The largest absolute Gasteiger partial charge is 1.00 e. The number of Topliss-reactive ketones (excluding diaryl/α,β-unsaturated/α-hetero) is 1. The van der Waals surface area contributed by atoms with Crippen LogP contribution < -0.4 is 51.4 Å². The van der Waals surface area contributed by atoms with Gasteiger partial charge in [-0.25, -0.2) is 0 Å². The van der Waals surface area contributed by atoms with E-state index in [4.69, 9.17) is 5.11 Å². The van der Waals surface area contributed by atoms with Crippen molar-refractivity contribution in [1.29, 1.82) is 0 Å². The molecule has 0 radical (unpaired) electrons. The van der Waals surface area contributed by atoms with Crippen molar-refractivity contribution in [1.82, 2.24) is 0 Å². The summed E-state index contributed by atoms with van der Waals surface area (Å²) < 4.78 is 0. The molecule has 0 aliphatic carbocycles. The smallest absolute Gasteiger partial charge is 0.503 e. The SMILES string of the molecule is CC.CC(=O)CCC[CH-]C(=O)O.[K+]. The van der Waals surface area contributed by atoms with E-state index in [1.165, 1.54) is 13.3 Å². The number of carbonyl (C=O) groups is 2. The molecule has 0 saturated carbocycles. The summed E-state index contributed by atoms with van der Waals surface area (Å²) in [5.41, 5.74) is 0. The maximum Gasteiger partial charge on any atom is 1.00 e. The summed E-state index contributed by atoms with van der Waals surface area (Å²) >= 11 is 0. The second kappa shape index (κ2) is 15.1. The number of hydrogen-bond donors (Lipinski definition) is 1. The van der Waals surface area contributed by atoms with Gasteiger partial charge in [0.1, 0.15) is 5.78 Å². The number of ketones is 1. The molecule has 13 heavy (non-hydrogen) atoms. The molecule has 72 valence electrons. The minimum atomic E-state index is -0.913. The average Bonchev–Trinajstić information content (AvgIpc) is 2.02. The van der Waals surface area contributed by atoms with Crippen molar-refractivity contribution in [2.24, 2.45) is 0 Å². The molecule has 1 N–H and O–H groups in total. The molecule has 0 amide bonds. The van der Waals surface area contributed by atoms with E-state index < -0.39 is 5.97 Å². The van der Waals surface area contributed by atoms with Crippen LogP contribution in [-0.4, -0.2) is 16.9 Å². The van der Waals surface area contributed by atoms with Gasteiger partial charge in [0.25, 0.3) is 0 Å². The van der Waals surface area contributed by atoms with Crippen LogP contribution in [0.1, 0.15) is 40.0 Å². The van der Waals surface area contributed by atoms with Crippen LogP contribution in [0.25, 0.3) is 0 Å². The fourth-order valence-electron chi connectivity index (χ4n) is 0.577. The van der Waals surface area contributed by atoms with E-state index >= 15 is 0 Å². The van der Waals surface area contributed by atoms with E-state index in [0.717, 1.165) is 0 Å². The third-order valence-electron chi connectivity index (χ3n) is 1.05. The fourth-order valence-corrected chi connectivity index (χ4v) is 0.577. The quantitative estimate of drug-likeness (QED) is 0.364.